The summed E-state index contributed by atoms with van der Waals surface area (Å²) in [4.78, 5) is 15.0. The predicted octanol–water partition coefficient (Wildman–Crippen LogP) is 3.18. The summed E-state index contributed by atoms with van der Waals surface area (Å²) in [6.07, 6.45) is 5.86. The summed E-state index contributed by atoms with van der Waals surface area (Å²) in [6, 6.07) is 11.0. The molecule has 1 aromatic carbocycles. The molecule has 2 heterocycles. The van der Waals surface area contributed by atoms with E-state index in [4.69, 9.17) is 0 Å². The van der Waals surface area contributed by atoms with Gasteiger partial charge in [-0.15, -0.1) is 0 Å². The van der Waals surface area contributed by atoms with Crippen molar-refractivity contribution >= 4 is 5.91 Å². The number of carbonyl (C=O) groups is 1. The van der Waals surface area contributed by atoms with Crippen molar-refractivity contribution < 1.29 is 4.79 Å². The highest BCUT2D eigenvalue weighted by Crippen LogP contribution is 2.15. The third-order valence-electron chi connectivity index (χ3n) is 5.91. The van der Waals surface area contributed by atoms with Gasteiger partial charge < -0.3 is 10.2 Å². The minimum Gasteiger partial charge on any atom is -0.352 e. The van der Waals surface area contributed by atoms with Crippen LogP contribution in [0.15, 0.2) is 30.3 Å². The van der Waals surface area contributed by atoms with E-state index in [2.05, 4.69) is 52.6 Å². The molecule has 5 heteroatoms. The fourth-order valence-corrected chi connectivity index (χ4v) is 4.25. The highest BCUT2D eigenvalue weighted by molar-refractivity contribution is 5.76. The van der Waals surface area contributed by atoms with E-state index in [1.807, 2.05) is 18.7 Å². The number of aryl methyl sites for hydroxylation is 3. The fourth-order valence-electron chi connectivity index (χ4n) is 4.25. The third-order valence-corrected chi connectivity index (χ3v) is 5.91. The van der Waals surface area contributed by atoms with Gasteiger partial charge in [0.2, 0.25) is 5.91 Å². The van der Waals surface area contributed by atoms with E-state index in [-0.39, 0.29) is 11.9 Å². The maximum atomic E-state index is 12.5. The number of aromatic nitrogens is 2. The molecule has 1 N–H and O–H groups in total. The molecule has 0 saturated carbocycles. The molecule has 3 rings (SSSR count). The molecule has 28 heavy (non-hydrogen) atoms. The Labute approximate surface area is 169 Å². The van der Waals surface area contributed by atoms with Crippen LogP contribution in [0.5, 0.6) is 0 Å². The summed E-state index contributed by atoms with van der Waals surface area (Å²) < 4.78 is 1.90. The van der Waals surface area contributed by atoms with Crippen LogP contribution in [0, 0.1) is 13.8 Å². The highest BCUT2D eigenvalue weighted by Gasteiger charge is 2.21. The molecular formula is C23H34N4O. The lowest BCUT2D eigenvalue weighted by Gasteiger charge is -2.33. The van der Waals surface area contributed by atoms with Gasteiger partial charge in [-0.2, -0.15) is 5.10 Å². The Morgan fingerprint density at radius 2 is 2.00 bits per heavy atom. The zero-order chi connectivity index (χ0) is 19.9. The smallest absolute Gasteiger partial charge is 0.220 e. The number of hydrogen-bond donors (Lipinski definition) is 1. The monoisotopic (exact) mass is 382 g/mol. The van der Waals surface area contributed by atoms with E-state index in [9.17, 15) is 4.79 Å². The van der Waals surface area contributed by atoms with Crippen molar-refractivity contribution in [3.8, 4) is 0 Å². The van der Waals surface area contributed by atoms with Gasteiger partial charge in [0.25, 0.3) is 0 Å². The number of benzene rings is 1. The molecule has 1 aliphatic rings. The van der Waals surface area contributed by atoms with Gasteiger partial charge in [-0.1, -0.05) is 30.3 Å². The summed E-state index contributed by atoms with van der Waals surface area (Å²) in [5.74, 6) is 0.166. The number of piperidine rings is 1. The number of hydrogen-bond acceptors (Lipinski definition) is 3. The Morgan fingerprint density at radius 1 is 1.21 bits per heavy atom. The van der Waals surface area contributed by atoms with Gasteiger partial charge in [0.15, 0.2) is 0 Å². The Bertz CT molecular complexity index is 768. The van der Waals surface area contributed by atoms with Crippen molar-refractivity contribution in [2.75, 3.05) is 19.6 Å². The first-order valence-corrected chi connectivity index (χ1v) is 10.6. The summed E-state index contributed by atoms with van der Waals surface area (Å²) in [6.45, 7) is 7.33. The molecule has 0 radical (unpaired) electrons. The Kier molecular flexibility index (Phi) is 7.26. The maximum absolute atomic E-state index is 12.5. The lowest BCUT2D eigenvalue weighted by atomic mass is 10.0. The molecule has 1 amide bonds. The molecule has 0 unspecified atom stereocenters. The number of likely N-dealkylation sites (tertiary alicyclic amines) is 1. The first kappa shape index (κ1) is 20.6. The van der Waals surface area contributed by atoms with Crippen molar-refractivity contribution in [1.29, 1.82) is 0 Å². The largest absolute Gasteiger partial charge is 0.352 e. The first-order valence-electron chi connectivity index (χ1n) is 10.6. The van der Waals surface area contributed by atoms with Crippen LogP contribution in [0.25, 0.3) is 0 Å². The molecule has 1 atom stereocenters. The molecule has 2 aromatic rings. The van der Waals surface area contributed by atoms with Gasteiger partial charge in [0.05, 0.1) is 5.69 Å². The van der Waals surface area contributed by atoms with Crippen LogP contribution >= 0.6 is 0 Å². The lowest BCUT2D eigenvalue weighted by Crippen LogP contribution is -2.48. The molecule has 0 aliphatic carbocycles. The van der Waals surface area contributed by atoms with Gasteiger partial charge >= 0.3 is 0 Å². The maximum Gasteiger partial charge on any atom is 0.220 e. The van der Waals surface area contributed by atoms with Gasteiger partial charge in [-0.05, 0) is 70.2 Å². The van der Waals surface area contributed by atoms with E-state index in [1.165, 1.54) is 17.5 Å². The van der Waals surface area contributed by atoms with E-state index < -0.39 is 0 Å². The second-order valence-corrected chi connectivity index (χ2v) is 8.07. The Hall–Kier alpha value is -2.14. The van der Waals surface area contributed by atoms with Crippen LogP contribution in [0.3, 0.4) is 0 Å². The molecule has 1 saturated heterocycles. The molecular weight excluding hydrogens is 348 g/mol. The highest BCUT2D eigenvalue weighted by atomic mass is 16.1. The number of rotatable bonds is 8. The van der Waals surface area contributed by atoms with Gasteiger partial charge in [0, 0.05) is 31.7 Å². The molecule has 1 fully saturated rings. The Morgan fingerprint density at radius 3 is 2.71 bits per heavy atom. The molecule has 5 nitrogen and oxygen atoms in total. The van der Waals surface area contributed by atoms with E-state index in [1.54, 1.807) is 0 Å². The number of nitrogens with one attached hydrogen (secondary N) is 1. The second kappa shape index (κ2) is 9.87. The summed E-state index contributed by atoms with van der Waals surface area (Å²) in [7, 11) is 1.96. The van der Waals surface area contributed by atoms with Crippen LogP contribution in [-0.2, 0) is 24.7 Å². The second-order valence-electron chi connectivity index (χ2n) is 8.07. The van der Waals surface area contributed by atoms with Crippen LogP contribution < -0.4 is 5.32 Å². The molecule has 152 valence electrons. The quantitative estimate of drug-likeness (QED) is 0.763. The molecule has 0 bridgehead atoms. The van der Waals surface area contributed by atoms with Crippen molar-refractivity contribution in [2.24, 2.45) is 7.05 Å². The first-order chi connectivity index (χ1) is 13.5. The lowest BCUT2D eigenvalue weighted by molar-refractivity contribution is -0.122. The van der Waals surface area contributed by atoms with Crippen molar-refractivity contribution in [3.05, 3.63) is 52.8 Å². The zero-order valence-corrected chi connectivity index (χ0v) is 17.6. The third kappa shape index (κ3) is 5.68. The summed E-state index contributed by atoms with van der Waals surface area (Å²) in [5, 5.41) is 7.71. The fraction of sp³-hybridized carbons (Fsp3) is 0.565. The van der Waals surface area contributed by atoms with Crippen LogP contribution in [0.1, 0.15) is 48.2 Å². The van der Waals surface area contributed by atoms with E-state index in [0.29, 0.717) is 6.42 Å². The zero-order valence-electron chi connectivity index (χ0n) is 17.6. The minimum absolute atomic E-state index is 0.166. The van der Waals surface area contributed by atoms with Gasteiger partial charge in [-0.3, -0.25) is 9.48 Å². The van der Waals surface area contributed by atoms with Crippen molar-refractivity contribution in [1.82, 2.24) is 20.0 Å². The summed E-state index contributed by atoms with van der Waals surface area (Å²) >= 11 is 0. The number of nitrogens with zero attached hydrogens (tertiary/aromatic N) is 3. The van der Waals surface area contributed by atoms with Crippen molar-refractivity contribution in [3.63, 3.8) is 0 Å². The molecule has 1 aliphatic heterocycles. The van der Waals surface area contributed by atoms with E-state index >= 15 is 0 Å². The van der Waals surface area contributed by atoms with E-state index in [0.717, 1.165) is 56.7 Å². The molecule has 1 aromatic heterocycles. The van der Waals surface area contributed by atoms with Gasteiger partial charge in [-0.25, -0.2) is 0 Å². The molecule has 0 spiro atoms. The standard InChI is InChI=1S/C23H34N4O/c1-18-22(19(2)26(3)25-18)13-14-23(28)24-21-12-8-16-27(17-21)15-7-11-20-9-5-4-6-10-20/h4-6,9-10,21H,7-8,11-17H2,1-3H3,(H,24,28)/t21-/m1/s1. The topological polar surface area (TPSA) is 50.2 Å². The average molecular weight is 383 g/mol. The van der Waals surface area contributed by atoms with Gasteiger partial charge in [0.1, 0.15) is 0 Å². The number of carbonyl (C=O) groups excluding carboxylic acids is 1. The normalized spacial score (nSPS) is 17.6. The van der Waals surface area contributed by atoms with Crippen LogP contribution in [0.4, 0.5) is 0 Å². The summed E-state index contributed by atoms with van der Waals surface area (Å²) in [5.41, 5.74) is 4.82. The average Bonchev–Trinajstić information content (AvgIpc) is 2.93. The predicted molar refractivity (Wildman–Crippen MR) is 113 cm³/mol. The van der Waals surface area contributed by atoms with Crippen LogP contribution in [-0.4, -0.2) is 46.3 Å². The van der Waals surface area contributed by atoms with Crippen LogP contribution in [0.2, 0.25) is 0 Å². The SMILES string of the molecule is Cc1nn(C)c(C)c1CCC(=O)N[C@@H]1CCCN(CCCc2ccccc2)C1. The minimum atomic E-state index is 0.166. The van der Waals surface area contributed by atoms with Crippen molar-refractivity contribution in [2.45, 2.75) is 58.4 Å². The Balaban J connectivity index is 1.39. The number of amides is 1.